The molecule has 0 spiro atoms. The number of piperidine rings is 1. The number of nitrogens with zero attached hydrogens (tertiary/aromatic N) is 1. The van der Waals surface area contributed by atoms with Crippen molar-refractivity contribution in [2.24, 2.45) is 5.92 Å². The molecule has 170 valence electrons. The molecule has 0 bridgehead atoms. The number of fused-ring (bicyclic) bond motifs is 1. The molecule has 4 rings (SSSR count). The average Bonchev–Trinajstić information content (AvgIpc) is 3.12. The number of nitrogens with one attached hydrogen (secondary N) is 1. The number of carbonyl (C=O) groups excluding carboxylic acids is 2. The van der Waals surface area contributed by atoms with Gasteiger partial charge in [0.1, 0.15) is 11.4 Å². The van der Waals surface area contributed by atoms with Gasteiger partial charge in [0.25, 0.3) is 5.91 Å². The second-order valence-corrected chi connectivity index (χ2v) is 10.4. The lowest BCUT2D eigenvalue weighted by atomic mass is 9.81. The summed E-state index contributed by atoms with van der Waals surface area (Å²) in [6, 6.07) is 14.0. The highest BCUT2D eigenvalue weighted by atomic mass is 79.9. The highest BCUT2D eigenvalue weighted by Gasteiger charge is 2.35. The van der Waals surface area contributed by atoms with E-state index in [4.69, 9.17) is 9.47 Å². The predicted octanol–water partition coefficient (Wildman–Crippen LogP) is 5.11. The summed E-state index contributed by atoms with van der Waals surface area (Å²) in [5, 5.41) is 2.83. The minimum Gasteiger partial charge on any atom is -0.493 e. The lowest BCUT2D eigenvalue weighted by molar-refractivity contribution is 0.0111. The van der Waals surface area contributed by atoms with E-state index >= 15 is 0 Å². The first-order valence-electron chi connectivity index (χ1n) is 11.0. The van der Waals surface area contributed by atoms with E-state index in [-0.39, 0.29) is 23.8 Å². The van der Waals surface area contributed by atoms with Crippen molar-refractivity contribution in [3.63, 3.8) is 0 Å². The predicted molar refractivity (Wildman–Crippen MR) is 126 cm³/mol. The molecule has 2 aliphatic heterocycles. The fourth-order valence-electron chi connectivity index (χ4n) is 4.33. The summed E-state index contributed by atoms with van der Waals surface area (Å²) in [6.45, 7) is 7.85. The second-order valence-electron chi connectivity index (χ2n) is 9.45. The van der Waals surface area contributed by atoms with Gasteiger partial charge in [-0.3, -0.25) is 4.79 Å². The standard InChI is InChI=1S/C25H29BrN2O4/c1-25(2,3)32-24(30)28-11-10-21(16-4-7-19(26)8-5-16)18(14-28)15-31-20-9-6-17-13-27-23(29)22(17)12-20/h4-9,12,18,21H,10-11,13-15H2,1-3H3,(H,27,29)/t18-,21-/m0/s1. The zero-order chi connectivity index (χ0) is 22.9. The van der Waals surface area contributed by atoms with Crippen molar-refractivity contribution in [2.75, 3.05) is 19.7 Å². The Morgan fingerprint density at radius 2 is 1.94 bits per heavy atom. The van der Waals surface area contributed by atoms with Gasteiger partial charge in [-0.1, -0.05) is 34.1 Å². The third kappa shape index (κ3) is 5.26. The number of halogens is 1. The van der Waals surface area contributed by atoms with Crippen LogP contribution in [0.25, 0.3) is 0 Å². The molecule has 1 fully saturated rings. The SMILES string of the molecule is CC(C)(C)OC(=O)N1CC[C@@H](c2ccc(Br)cc2)[C@H](COc2ccc3c(c2)C(=O)NC3)C1. The summed E-state index contributed by atoms with van der Waals surface area (Å²) in [5.41, 5.74) is 2.37. The number of hydrogen-bond acceptors (Lipinski definition) is 4. The Bertz CT molecular complexity index is 1000. The first-order valence-corrected chi connectivity index (χ1v) is 11.8. The Morgan fingerprint density at radius 3 is 2.66 bits per heavy atom. The van der Waals surface area contributed by atoms with Crippen molar-refractivity contribution in [3.8, 4) is 5.75 Å². The lowest BCUT2D eigenvalue weighted by Crippen LogP contribution is -2.46. The van der Waals surface area contributed by atoms with Crippen molar-refractivity contribution in [1.82, 2.24) is 10.2 Å². The molecule has 1 N–H and O–H groups in total. The summed E-state index contributed by atoms with van der Waals surface area (Å²) in [7, 11) is 0. The summed E-state index contributed by atoms with van der Waals surface area (Å²) in [4.78, 5) is 26.5. The maximum atomic E-state index is 12.7. The number of rotatable bonds is 4. The first kappa shape index (κ1) is 22.6. The van der Waals surface area contributed by atoms with Gasteiger partial charge in [0.2, 0.25) is 0 Å². The molecule has 2 aliphatic rings. The largest absolute Gasteiger partial charge is 0.493 e. The number of hydrogen-bond donors (Lipinski definition) is 1. The van der Waals surface area contributed by atoms with Crippen molar-refractivity contribution in [1.29, 1.82) is 0 Å². The summed E-state index contributed by atoms with van der Waals surface area (Å²) < 4.78 is 12.8. The van der Waals surface area contributed by atoms with Crippen LogP contribution in [0, 0.1) is 5.92 Å². The van der Waals surface area contributed by atoms with Gasteiger partial charge in [-0.05, 0) is 68.5 Å². The molecule has 2 amide bonds. The molecule has 1 saturated heterocycles. The first-order chi connectivity index (χ1) is 15.2. The maximum absolute atomic E-state index is 12.7. The summed E-state index contributed by atoms with van der Waals surface area (Å²) >= 11 is 3.50. The smallest absolute Gasteiger partial charge is 0.410 e. The molecule has 0 aromatic heterocycles. The Hall–Kier alpha value is -2.54. The van der Waals surface area contributed by atoms with E-state index in [2.05, 4.69) is 33.4 Å². The molecule has 2 aromatic rings. The van der Waals surface area contributed by atoms with Crippen LogP contribution in [0.3, 0.4) is 0 Å². The van der Waals surface area contributed by atoms with E-state index in [0.717, 1.165) is 16.5 Å². The van der Waals surface area contributed by atoms with E-state index in [9.17, 15) is 9.59 Å². The van der Waals surface area contributed by atoms with Gasteiger partial charge in [0.15, 0.2) is 0 Å². The summed E-state index contributed by atoms with van der Waals surface area (Å²) in [5.74, 6) is 0.968. The number of benzene rings is 2. The highest BCUT2D eigenvalue weighted by molar-refractivity contribution is 9.10. The lowest BCUT2D eigenvalue weighted by Gasteiger charge is -2.39. The Morgan fingerprint density at radius 1 is 1.19 bits per heavy atom. The topological polar surface area (TPSA) is 67.9 Å². The Kier molecular flexibility index (Phi) is 6.47. The maximum Gasteiger partial charge on any atom is 0.410 e. The van der Waals surface area contributed by atoms with E-state index in [1.165, 1.54) is 5.56 Å². The molecule has 2 heterocycles. The highest BCUT2D eigenvalue weighted by Crippen LogP contribution is 2.35. The Balaban J connectivity index is 1.50. The molecule has 32 heavy (non-hydrogen) atoms. The van der Waals surface area contributed by atoms with Crippen LogP contribution in [0.1, 0.15) is 54.6 Å². The molecule has 0 aliphatic carbocycles. The monoisotopic (exact) mass is 500 g/mol. The van der Waals surface area contributed by atoms with Gasteiger partial charge in [0.05, 0.1) is 6.61 Å². The number of amides is 2. The van der Waals surface area contributed by atoms with Crippen molar-refractivity contribution >= 4 is 27.9 Å². The van der Waals surface area contributed by atoms with Crippen LogP contribution in [0.2, 0.25) is 0 Å². The van der Waals surface area contributed by atoms with E-state index < -0.39 is 5.60 Å². The van der Waals surface area contributed by atoms with Gasteiger partial charge in [-0.2, -0.15) is 0 Å². The van der Waals surface area contributed by atoms with Crippen molar-refractivity contribution in [2.45, 2.75) is 45.3 Å². The van der Waals surface area contributed by atoms with E-state index in [0.29, 0.717) is 37.6 Å². The van der Waals surface area contributed by atoms with Gasteiger partial charge < -0.3 is 19.7 Å². The van der Waals surface area contributed by atoms with Crippen LogP contribution in [0.4, 0.5) is 4.79 Å². The molecular formula is C25H29BrN2O4. The van der Waals surface area contributed by atoms with Crippen LogP contribution in [0.15, 0.2) is 46.9 Å². The van der Waals surface area contributed by atoms with Crippen molar-refractivity contribution < 1.29 is 19.1 Å². The minimum atomic E-state index is -0.531. The van der Waals surface area contributed by atoms with Crippen LogP contribution < -0.4 is 10.1 Å². The van der Waals surface area contributed by atoms with Gasteiger partial charge in [-0.25, -0.2) is 4.79 Å². The van der Waals surface area contributed by atoms with Crippen molar-refractivity contribution in [3.05, 3.63) is 63.6 Å². The molecule has 2 aromatic carbocycles. The molecule has 0 unspecified atom stereocenters. The average molecular weight is 501 g/mol. The van der Waals surface area contributed by atoms with Gasteiger partial charge in [0, 0.05) is 35.6 Å². The van der Waals surface area contributed by atoms with Crippen LogP contribution in [-0.4, -0.2) is 42.2 Å². The minimum absolute atomic E-state index is 0.0630. The number of carbonyl (C=O) groups is 2. The molecule has 7 heteroatoms. The number of likely N-dealkylation sites (tertiary alicyclic amines) is 1. The normalized spacial score (nSPS) is 20.5. The molecule has 6 nitrogen and oxygen atoms in total. The third-order valence-corrected chi connectivity index (χ3v) is 6.44. The number of ether oxygens (including phenoxy) is 2. The zero-order valence-electron chi connectivity index (χ0n) is 18.7. The van der Waals surface area contributed by atoms with Crippen LogP contribution >= 0.6 is 15.9 Å². The Labute approximate surface area is 197 Å². The zero-order valence-corrected chi connectivity index (χ0v) is 20.3. The quantitative estimate of drug-likeness (QED) is 0.632. The second kappa shape index (κ2) is 9.14. The van der Waals surface area contributed by atoms with Crippen LogP contribution in [0.5, 0.6) is 5.75 Å². The van der Waals surface area contributed by atoms with Crippen LogP contribution in [-0.2, 0) is 11.3 Å². The fourth-order valence-corrected chi connectivity index (χ4v) is 4.59. The van der Waals surface area contributed by atoms with E-state index in [1.807, 2.05) is 45.0 Å². The van der Waals surface area contributed by atoms with Gasteiger partial charge in [-0.15, -0.1) is 0 Å². The molecule has 2 atom stereocenters. The fraction of sp³-hybridized carbons (Fsp3) is 0.440. The summed E-state index contributed by atoms with van der Waals surface area (Å²) in [6.07, 6.45) is 0.549. The van der Waals surface area contributed by atoms with Gasteiger partial charge >= 0.3 is 6.09 Å². The third-order valence-electron chi connectivity index (χ3n) is 5.91. The molecule has 0 saturated carbocycles. The molecular weight excluding hydrogens is 472 g/mol. The molecule has 0 radical (unpaired) electrons. The van der Waals surface area contributed by atoms with E-state index in [1.54, 1.807) is 11.0 Å².